The first kappa shape index (κ1) is 14.6. The van der Waals surface area contributed by atoms with E-state index in [1.165, 1.54) is 5.69 Å². The number of anilines is 1. The minimum Gasteiger partial charge on any atom is -0.379 e. The molecule has 1 aliphatic rings. The van der Waals surface area contributed by atoms with E-state index in [2.05, 4.69) is 21.9 Å². The summed E-state index contributed by atoms with van der Waals surface area (Å²) in [6.45, 7) is 5.64. The van der Waals surface area contributed by atoms with E-state index < -0.39 is 0 Å². The molecule has 1 fully saturated rings. The molecule has 0 spiro atoms. The number of halogens is 1. The normalized spacial score (nSPS) is 18.6. The molecule has 0 amide bonds. The third-order valence-corrected chi connectivity index (χ3v) is 3.87. The highest BCUT2D eigenvalue weighted by Gasteiger charge is 2.19. The molecule has 0 saturated carbocycles. The second-order valence-corrected chi connectivity index (χ2v) is 5.29. The van der Waals surface area contributed by atoms with E-state index in [1.54, 1.807) is 7.11 Å². The highest BCUT2D eigenvalue weighted by Crippen LogP contribution is 2.19. The first-order valence-electron chi connectivity index (χ1n) is 6.68. The van der Waals surface area contributed by atoms with Crippen LogP contribution in [0.25, 0.3) is 0 Å². The molecular weight excluding hydrogens is 262 g/mol. The van der Waals surface area contributed by atoms with Crippen LogP contribution in [0.15, 0.2) is 24.3 Å². The Hall–Kier alpha value is -0.810. The van der Waals surface area contributed by atoms with Gasteiger partial charge in [-0.1, -0.05) is 11.6 Å². The maximum Gasteiger partial charge on any atom is 0.0820 e. The maximum absolute atomic E-state index is 5.91. The van der Waals surface area contributed by atoms with Crippen molar-refractivity contribution < 1.29 is 4.74 Å². The molecule has 0 aliphatic carbocycles. The van der Waals surface area contributed by atoms with Gasteiger partial charge in [0.1, 0.15) is 0 Å². The van der Waals surface area contributed by atoms with Crippen LogP contribution in [0.5, 0.6) is 0 Å². The minimum atomic E-state index is 0.141. The molecule has 5 heteroatoms. The Kier molecular flexibility index (Phi) is 5.45. The molecule has 2 rings (SSSR count). The van der Waals surface area contributed by atoms with Crippen molar-refractivity contribution in [2.45, 2.75) is 6.10 Å². The molecule has 1 aliphatic heterocycles. The van der Waals surface area contributed by atoms with Gasteiger partial charge in [0.2, 0.25) is 0 Å². The van der Waals surface area contributed by atoms with Gasteiger partial charge in [0, 0.05) is 57.1 Å². The van der Waals surface area contributed by atoms with Gasteiger partial charge in [0.15, 0.2) is 0 Å². The average molecular weight is 284 g/mol. The number of benzene rings is 1. The molecule has 2 N–H and O–H groups in total. The van der Waals surface area contributed by atoms with Crippen LogP contribution >= 0.6 is 11.6 Å². The van der Waals surface area contributed by atoms with Crippen LogP contribution in [0.3, 0.4) is 0 Å². The monoisotopic (exact) mass is 283 g/mol. The van der Waals surface area contributed by atoms with E-state index >= 15 is 0 Å². The summed E-state index contributed by atoms with van der Waals surface area (Å²) in [5, 5.41) is 0.785. The number of piperazine rings is 1. The molecule has 1 aromatic carbocycles. The number of hydrogen-bond donors (Lipinski definition) is 1. The fourth-order valence-electron chi connectivity index (χ4n) is 2.37. The Morgan fingerprint density at radius 1 is 1.21 bits per heavy atom. The zero-order chi connectivity index (χ0) is 13.7. The van der Waals surface area contributed by atoms with Gasteiger partial charge in [-0.15, -0.1) is 0 Å². The molecule has 0 radical (unpaired) electrons. The highest BCUT2D eigenvalue weighted by molar-refractivity contribution is 6.30. The highest BCUT2D eigenvalue weighted by atomic mass is 35.5. The quantitative estimate of drug-likeness (QED) is 0.888. The number of hydrogen-bond acceptors (Lipinski definition) is 4. The number of nitrogens with zero attached hydrogens (tertiary/aromatic N) is 2. The van der Waals surface area contributed by atoms with Crippen LogP contribution in [0, 0.1) is 0 Å². The number of nitrogens with two attached hydrogens (primary N) is 1. The van der Waals surface area contributed by atoms with Gasteiger partial charge in [0.05, 0.1) is 6.10 Å². The Bertz CT molecular complexity index is 373. The van der Waals surface area contributed by atoms with Gasteiger partial charge in [-0.3, -0.25) is 4.90 Å². The summed E-state index contributed by atoms with van der Waals surface area (Å²) in [6, 6.07) is 8.04. The van der Waals surface area contributed by atoms with Crippen LogP contribution in [0.4, 0.5) is 5.69 Å². The molecule has 0 aromatic heterocycles. The lowest BCUT2D eigenvalue weighted by atomic mass is 10.2. The fourth-order valence-corrected chi connectivity index (χ4v) is 2.50. The van der Waals surface area contributed by atoms with Crippen molar-refractivity contribution in [3.8, 4) is 0 Å². The summed E-state index contributed by atoms with van der Waals surface area (Å²) in [4.78, 5) is 4.80. The van der Waals surface area contributed by atoms with Crippen molar-refractivity contribution in [3.05, 3.63) is 29.3 Å². The SMILES string of the molecule is COC(CN)CN1CCN(c2ccc(Cl)cc2)CC1. The lowest BCUT2D eigenvalue weighted by molar-refractivity contribution is 0.0679. The van der Waals surface area contributed by atoms with E-state index in [1.807, 2.05) is 12.1 Å². The molecule has 1 atom stereocenters. The summed E-state index contributed by atoms with van der Waals surface area (Å²) in [6.07, 6.45) is 0.141. The van der Waals surface area contributed by atoms with Gasteiger partial charge in [-0.2, -0.15) is 0 Å². The standard InChI is InChI=1S/C14H22ClN3O/c1-19-14(10-16)11-17-6-8-18(9-7-17)13-4-2-12(15)3-5-13/h2-5,14H,6-11,16H2,1H3. The molecule has 106 valence electrons. The van der Waals surface area contributed by atoms with Crippen molar-refractivity contribution in [1.82, 2.24) is 4.90 Å². The lowest BCUT2D eigenvalue weighted by Gasteiger charge is -2.37. The van der Waals surface area contributed by atoms with Crippen LogP contribution in [-0.4, -0.2) is 57.4 Å². The van der Waals surface area contributed by atoms with Crippen molar-refractivity contribution >= 4 is 17.3 Å². The van der Waals surface area contributed by atoms with Crippen molar-refractivity contribution in [1.29, 1.82) is 0 Å². The Morgan fingerprint density at radius 2 is 1.84 bits per heavy atom. The predicted octanol–water partition coefficient (Wildman–Crippen LogP) is 1.44. The van der Waals surface area contributed by atoms with Crippen LogP contribution in [-0.2, 0) is 4.74 Å². The number of methoxy groups -OCH3 is 1. The molecule has 1 unspecified atom stereocenters. The largest absolute Gasteiger partial charge is 0.379 e. The Balaban J connectivity index is 1.83. The zero-order valence-electron chi connectivity index (χ0n) is 11.4. The molecule has 1 aromatic rings. The molecule has 1 heterocycles. The number of rotatable bonds is 5. The summed E-state index contributed by atoms with van der Waals surface area (Å²) < 4.78 is 5.33. The van der Waals surface area contributed by atoms with Crippen molar-refractivity contribution in [2.75, 3.05) is 51.3 Å². The summed E-state index contributed by atoms with van der Waals surface area (Å²) in [7, 11) is 1.72. The van der Waals surface area contributed by atoms with Crippen molar-refractivity contribution in [3.63, 3.8) is 0 Å². The van der Waals surface area contributed by atoms with Crippen molar-refractivity contribution in [2.24, 2.45) is 5.73 Å². The van der Waals surface area contributed by atoms with E-state index in [4.69, 9.17) is 22.1 Å². The van der Waals surface area contributed by atoms with E-state index in [9.17, 15) is 0 Å². The summed E-state index contributed by atoms with van der Waals surface area (Å²) in [5.41, 5.74) is 6.90. The first-order valence-corrected chi connectivity index (χ1v) is 7.06. The Labute approximate surface area is 120 Å². The molecular formula is C14H22ClN3O. The van der Waals surface area contributed by atoms with Gasteiger partial charge >= 0.3 is 0 Å². The molecule has 1 saturated heterocycles. The third kappa shape index (κ3) is 4.08. The minimum absolute atomic E-state index is 0.141. The van der Waals surface area contributed by atoms with Gasteiger partial charge in [-0.05, 0) is 24.3 Å². The van der Waals surface area contributed by atoms with Crippen LogP contribution in [0.2, 0.25) is 5.02 Å². The van der Waals surface area contributed by atoms with Gasteiger partial charge in [-0.25, -0.2) is 0 Å². The molecule has 19 heavy (non-hydrogen) atoms. The maximum atomic E-state index is 5.91. The lowest BCUT2D eigenvalue weighted by Crippen LogP contribution is -2.49. The van der Waals surface area contributed by atoms with E-state index in [-0.39, 0.29) is 6.10 Å². The summed E-state index contributed by atoms with van der Waals surface area (Å²) in [5.74, 6) is 0. The van der Waals surface area contributed by atoms with Crippen LogP contribution < -0.4 is 10.6 Å². The predicted molar refractivity (Wildman–Crippen MR) is 80.0 cm³/mol. The summed E-state index contributed by atoms with van der Waals surface area (Å²) >= 11 is 5.91. The zero-order valence-corrected chi connectivity index (χ0v) is 12.1. The smallest absolute Gasteiger partial charge is 0.0820 e. The van der Waals surface area contributed by atoms with Crippen LogP contribution in [0.1, 0.15) is 0 Å². The van der Waals surface area contributed by atoms with E-state index in [0.29, 0.717) is 6.54 Å². The molecule has 4 nitrogen and oxygen atoms in total. The second kappa shape index (κ2) is 7.10. The Morgan fingerprint density at radius 3 is 2.37 bits per heavy atom. The molecule has 0 bridgehead atoms. The number of ether oxygens (including phenoxy) is 1. The fraction of sp³-hybridized carbons (Fsp3) is 0.571. The van der Waals surface area contributed by atoms with Gasteiger partial charge < -0.3 is 15.4 Å². The second-order valence-electron chi connectivity index (χ2n) is 4.86. The van der Waals surface area contributed by atoms with Gasteiger partial charge in [0.25, 0.3) is 0 Å². The average Bonchev–Trinajstić information content (AvgIpc) is 2.46. The topological polar surface area (TPSA) is 41.7 Å². The van der Waals surface area contributed by atoms with E-state index in [0.717, 1.165) is 37.7 Å². The third-order valence-electron chi connectivity index (χ3n) is 3.62. The first-order chi connectivity index (χ1) is 9.22.